The normalized spacial score (nSPS) is 17.4. The molecule has 1 aromatic rings. The van der Waals surface area contributed by atoms with Crippen LogP contribution in [0.25, 0.3) is 0 Å². The fourth-order valence-electron chi connectivity index (χ4n) is 3.12. The summed E-state index contributed by atoms with van der Waals surface area (Å²) in [5, 5.41) is 3.34. The van der Waals surface area contributed by atoms with E-state index in [1.165, 1.54) is 12.1 Å². The summed E-state index contributed by atoms with van der Waals surface area (Å²) in [6.45, 7) is 7.57. The summed E-state index contributed by atoms with van der Waals surface area (Å²) >= 11 is 0. The first-order valence-electron chi connectivity index (χ1n) is 9.07. The maximum absolute atomic E-state index is 12.4. The van der Waals surface area contributed by atoms with Gasteiger partial charge in [-0.05, 0) is 76.4 Å². The highest BCUT2D eigenvalue weighted by Crippen LogP contribution is 2.15. The monoisotopic (exact) mass is 403 g/mol. The number of rotatable bonds is 8. The molecule has 26 heavy (non-hydrogen) atoms. The van der Waals surface area contributed by atoms with Gasteiger partial charge in [0.15, 0.2) is 0 Å². The van der Waals surface area contributed by atoms with E-state index in [1.807, 2.05) is 13.8 Å². The number of carbonyl (C=O) groups is 1. The van der Waals surface area contributed by atoms with Crippen molar-refractivity contribution in [3.05, 3.63) is 29.8 Å². The van der Waals surface area contributed by atoms with Crippen LogP contribution >= 0.6 is 12.4 Å². The van der Waals surface area contributed by atoms with Crippen molar-refractivity contribution in [2.75, 3.05) is 32.7 Å². The standard InChI is InChI=1S/C18H29N3O3S.ClH/c1-3-21(4-2)18(22)16-7-9-17(10-8-16)25(23,24)20-13-11-15-6-5-12-19-14-15;/h7-10,15,19-20H,3-6,11-14H2,1-2H3;1H. The average Bonchev–Trinajstić information content (AvgIpc) is 2.63. The smallest absolute Gasteiger partial charge is 0.253 e. The molecule has 0 bridgehead atoms. The van der Waals surface area contributed by atoms with E-state index in [1.54, 1.807) is 17.0 Å². The van der Waals surface area contributed by atoms with Crippen molar-refractivity contribution in [2.24, 2.45) is 5.92 Å². The molecule has 0 spiro atoms. The molecule has 6 nitrogen and oxygen atoms in total. The van der Waals surface area contributed by atoms with Crippen LogP contribution in [-0.2, 0) is 10.0 Å². The van der Waals surface area contributed by atoms with Crippen molar-refractivity contribution >= 4 is 28.3 Å². The van der Waals surface area contributed by atoms with Gasteiger partial charge in [-0.2, -0.15) is 0 Å². The van der Waals surface area contributed by atoms with Crippen LogP contribution in [0.3, 0.4) is 0 Å². The third kappa shape index (κ3) is 6.23. The molecular weight excluding hydrogens is 374 g/mol. The van der Waals surface area contributed by atoms with Crippen LogP contribution < -0.4 is 10.0 Å². The molecule has 2 rings (SSSR count). The van der Waals surface area contributed by atoms with Crippen LogP contribution in [0.2, 0.25) is 0 Å². The highest BCUT2D eigenvalue weighted by molar-refractivity contribution is 7.89. The fraction of sp³-hybridized carbons (Fsp3) is 0.611. The van der Waals surface area contributed by atoms with Gasteiger partial charge in [0.05, 0.1) is 4.90 Å². The van der Waals surface area contributed by atoms with Crippen molar-refractivity contribution in [1.29, 1.82) is 0 Å². The molecular formula is C18H30ClN3O3S. The number of hydrogen-bond donors (Lipinski definition) is 2. The van der Waals surface area contributed by atoms with Crippen LogP contribution in [0.1, 0.15) is 43.5 Å². The van der Waals surface area contributed by atoms with Gasteiger partial charge in [-0.25, -0.2) is 13.1 Å². The van der Waals surface area contributed by atoms with Gasteiger partial charge >= 0.3 is 0 Å². The molecule has 8 heteroatoms. The van der Waals surface area contributed by atoms with E-state index in [9.17, 15) is 13.2 Å². The molecule has 1 aromatic carbocycles. The molecule has 1 aliphatic heterocycles. The number of amides is 1. The average molecular weight is 404 g/mol. The van der Waals surface area contributed by atoms with Gasteiger partial charge in [0.2, 0.25) is 10.0 Å². The molecule has 1 atom stereocenters. The van der Waals surface area contributed by atoms with Gasteiger partial charge in [0, 0.05) is 25.2 Å². The lowest BCUT2D eigenvalue weighted by molar-refractivity contribution is 0.0773. The van der Waals surface area contributed by atoms with E-state index in [4.69, 9.17) is 0 Å². The predicted molar refractivity (Wildman–Crippen MR) is 106 cm³/mol. The van der Waals surface area contributed by atoms with E-state index in [-0.39, 0.29) is 23.2 Å². The molecule has 1 unspecified atom stereocenters. The molecule has 0 saturated carbocycles. The first kappa shape index (κ1) is 22.9. The second-order valence-corrected chi connectivity index (χ2v) is 8.17. The largest absolute Gasteiger partial charge is 0.339 e. The number of nitrogens with zero attached hydrogens (tertiary/aromatic N) is 1. The third-order valence-corrected chi connectivity index (χ3v) is 6.18. The Kier molecular flexibility index (Phi) is 9.57. The van der Waals surface area contributed by atoms with Crippen molar-refractivity contribution in [3.63, 3.8) is 0 Å². The third-order valence-electron chi connectivity index (χ3n) is 4.71. The highest BCUT2D eigenvalue weighted by atomic mass is 35.5. The summed E-state index contributed by atoms with van der Waals surface area (Å²) < 4.78 is 27.4. The van der Waals surface area contributed by atoms with Gasteiger partial charge in [-0.15, -0.1) is 12.4 Å². The summed E-state index contributed by atoms with van der Waals surface area (Å²) in [6, 6.07) is 6.17. The molecule has 1 heterocycles. The summed E-state index contributed by atoms with van der Waals surface area (Å²) in [4.78, 5) is 14.2. The van der Waals surface area contributed by atoms with Gasteiger partial charge in [-0.1, -0.05) is 0 Å². The van der Waals surface area contributed by atoms with Gasteiger partial charge in [0.25, 0.3) is 5.91 Å². The second-order valence-electron chi connectivity index (χ2n) is 6.40. The van der Waals surface area contributed by atoms with E-state index < -0.39 is 10.0 Å². The van der Waals surface area contributed by atoms with Crippen LogP contribution in [0.4, 0.5) is 0 Å². The molecule has 0 aliphatic carbocycles. The van der Waals surface area contributed by atoms with Crippen LogP contribution in [0.15, 0.2) is 29.2 Å². The summed E-state index contributed by atoms with van der Waals surface area (Å²) in [6.07, 6.45) is 3.14. The first-order valence-corrected chi connectivity index (χ1v) is 10.6. The first-order chi connectivity index (χ1) is 12.0. The zero-order valence-corrected chi connectivity index (χ0v) is 17.2. The van der Waals surface area contributed by atoms with Crippen LogP contribution in [0.5, 0.6) is 0 Å². The Morgan fingerprint density at radius 3 is 2.42 bits per heavy atom. The number of benzene rings is 1. The van der Waals surface area contributed by atoms with Crippen molar-refractivity contribution < 1.29 is 13.2 Å². The highest BCUT2D eigenvalue weighted by Gasteiger charge is 2.18. The molecule has 1 aliphatic rings. The molecule has 1 amide bonds. The molecule has 0 radical (unpaired) electrons. The zero-order valence-electron chi connectivity index (χ0n) is 15.5. The second kappa shape index (κ2) is 10.9. The maximum atomic E-state index is 12.4. The summed E-state index contributed by atoms with van der Waals surface area (Å²) in [7, 11) is -3.53. The SMILES string of the molecule is CCN(CC)C(=O)c1ccc(S(=O)(=O)NCCC2CCCNC2)cc1.Cl. The Labute approximate surface area is 163 Å². The lowest BCUT2D eigenvalue weighted by atomic mass is 9.96. The maximum Gasteiger partial charge on any atom is 0.253 e. The Morgan fingerprint density at radius 2 is 1.88 bits per heavy atom. The quantitative estimate of drug-likeness (QED) is 0.697. The van der Waals surface area contributed by atoms with E-state index in [0.29, 0.717) is 31.1 Å². The van der Waals surface area contributed by atoms with E-state index >= 15 is 0 Å². The number of sulfonamides is 1. The predicted octanol–water partition coefficient (Wildman–Crippen LogP) is 2.26. The summed E-state index contributed by atoms with van der Waals surface area (Å²) in [5.41, 5.74) is 0.510. The fourth-order valence-corrected chi connectivity index (χ4v) is 4.17. The minimum atomic E-state index is -3.53. The minimum absolute atomic E-state index is 0. The van der Waals surface area contributed by atoms with Crippen molar-refractivity contribution in [2.45, 2.75) is 38.0 Å². The minimum Gasteiger partial charge on any atom is -0.339 e. The topological polar surface area (TPSA) is 78.5 Å². The van der Waals surface area contributed by atoms with Gasteiger partial charge in [-0.3, -0.25) is 4.79 Å². The molecule has 148 valence electrons. The lowest BCUT2D eigenvalue weighted by Gasteiger charge is -2.22. The molecule has 1 saturated heterocycles. The van der Waals surface area contributed by atoms with Gasteiger partial charge < -0.3 is 10.2 Å². The molecule has 0 aromatic heterocycles. The number of carbonyl (C=O) groups excluding carboxylic acids is 1. The molecule has 1 fully saturated rings. The zero-order chi connectivity index (χ0) is 18.3. The lowest BCUT2D eigenvalue weighted by Crippen LogP contribution is -2.33. The Balaban J connectivity index is 0.00000338. The number of nitrogens with one attached hydrogen (secondary N) is 2. The Morgan fingerprint density at radius 1 is 1.23 bits per heavy atom. The molecule has 2 N–H and O–H groups in total. The van der Waals surface area contributed by atoms with Crippen LogP contribution in [0, 0.1) is 5.92 Å². The summed E-state index contributed by atoms with van der Waals surface area (Å²) in [5.74, 6) is 0.456. The Bertz CT molecular complexity index is 655. The van der Waals surface area contributed by atoms with Crippen LogP contribution in [-0.4, -0.2) is 51.9 Å². The van der Waals surface area contributed by atoms with Gasteiger partial charge in [0.1, 0.15) is 0 Å². The number of hydrogen-bond acceptors (Lipinski definition) is 4. The van der Waals surface area contributed by atoms with Crippen molar-refractivity contribution in [1.82, 2.24) is 14.9 Å². The van der Waals surface area contributed by atoms with E-state index in [2.05, 4.69) is 10.0 Å². The number of halogens is 1. The van der Waals surface area contributed by atoms with E-state index in [0.717, 1.165) is 32.4 Å². The number of piperidine rings is 1. The Hall–Kier alpha value is -1.15. The van der Waals surface area contributed by atoms with Crippen molar-refractivity contribution in [3.8, 4) is 0 Å².